The van der Waals surface area contributed by atoms with Gasteiger partial charge in [0.1, 0.15) is 12.7 Å². The molecule has 98 valence electrons. The van der Waals surface area contributed by atoms with E-state index in [0.29, 0.717) is 18.6 Å². The van der Waals surface area contributed by atoms with E-state index in [2.05, 4.69) is 0 Å². The first-order valence-corrected chi connectivity index (χ1v) is 6.06. The lowest BCUT2D eigenvalue weighted by molar-refractivity contribution is -0.885. The van der Waals surface area contributed by atoms with Gasteiger partial charge in [-0.2, -0.15) is 0 Å². The number of carbonyl (C=O) groups is 1. The summed E-state index contributed by atoms with van der Waals surface area (Å²) in [6.45, 7) is 0.366. The highest BCUT2D eigenvalue weighted by molar-refractivity contribution is 5.88. The number of ether oxygens (including phenoxy) is 1. The van der Waals surface area contributed by atoms with Gasteiger partial charge >= 0.3 is 5.97 Å². The van der Waals surface area contributed by atoms with E-state index in [1.54, 1.807) is 24.5 Å². The minimum Gasteiger partial charge on any atom is -0.462 e. The average molecular weight is 258 g/mol. The van der Waals surface area contributed by atoms with E-state index in [1.807, 2.05) is 30.3 Å². The maximum atomic E-state index is 11.8. The normalized spacial score (nSPS) is 9.95. The van der Waals surface area contributed by atoms with Crippen molar-refractivity contribution in [3.05, 3.63) is 66.0 Å². The summed E-state index contributed by atoms with van der Waals surface area (Å²) in [6, 6.07) is 13.3. The summed E-state index contributed by atoms with van der Waals surface area (Å²) in [5, 5.41) is 0. The molecular formula is C15H16NO3+. The molecule has 4 heteroatoms. The van der Waals surface area contributed by atoms with Crippen LogP contribution in [0.25, 0.3) is 0 Å². The minimum absolute atomic E-state index is 0.345. The Morgan fingerprint density at radius 3 is 2.68 bits per heavy atom. The van der Waals surface area contributed by atoms with E-state index in [9.17, 15) is 4.79 Å². The number of hydrogen-bond donors (Lipinski definition) is 0. The molecule has 0 fully saturated rings. The summed E-state index contributed by atoms with van der Waals surface area (Å²) in [5.41, 5.74) is 1.62. The number of esters is 1. The Morgan fingerprint density at radius 1 is 1.16 bits per heavy atom. The second-order valence-corrected chi connectivity index (χ2v) is 4.01. The van der Waals surface area contributed by atoms with Gasteiger partial charge in [0, 0.05) is 17.2 Å². The summed E-state index contributed by atoms with van der Waals surface area (Å²) in [5.74, 6) is -0.345. The molecule has 1 aromatic carbocycles. The Labute approximate surface area is 112 Å². The van der Waals surface area contributed by atoms with Gasteiger partial charge in [0.05, 0.1) is 6.61 Å². The van der Waals surface area contributed by atoms with Crippen molar-refractivity contribution in [2.45, 2.75) is 6.42 Å². The fourth-order valence-electron chi connectivity index (χ4n) is 1.68. The lowest BCUT2D eigenvalue weighted by atomic mass is 10.2. The molecule has 0 N–H and O–H groups in total. The Morgan fingerprint density at radius 2 is 1.95 bits per heavy atom. The molecule has 2 rings (SSSR count). The Hall–Kier alpha value is -2.36. The van der Waals surface area contributed by atoms with E-state index in [1.165, 1.54) is 11.8 Å². The predicted octanol–water partition coefficient (Wildman–Crippen LogP) is 1.43. The predicted molar refractivity (Wildman–Crippen MR) is 69.6 cm³/mol. The first-order valence-electron chi connectivity index (χ1n) is 6.06. The van der Waals surface area contributed by atoms with Gasteiger partial charge < -0.3 is 4.74 Å². The Balaban J connectivity index is 1.87. The zero-order chi connectivity index (χ0) is 13.5. The number of nitrogens with zero attached hydrogens (tertiary/aromatic N) is 1. The van der Waals surface area contributed by atoms with Gasteiger partial charge in [-0.15, -0.1) is 0 Å². The maximum absolute atomic E-state index is 11.8. The second-order valence-electron chi connectivity index (χ2n) is 4.01. The molecule has 0 radical (unpaired) electrons. The third-order valence-electron chi connectivity index (χ3n) is 2.69. The molecule has 0 saturated heterocycles. The SMILES string of the molecule is CO[n+]1cccc(C(=O)OCCc2ccccc2)c1. The summed E-state index contributed by atoms with van der Waals surface area (Å²) in [7, 11) is 1.53. The number of hydrogen-bond acceptors (Lipinski definition) is 3. The molecule has 0 aliphatic rings. The third kappa shape index (κ3) is 3.81. The van der Waals surface area contributed by atoms with Crippen molar-refractivity contribution < 1.29 is 19.1 Å². The second kappa shape index (κ2) is 6.54. The summed E-state index contributed by atoms with van der Waals surface area (Å²) in [6.07, 6.45) is 4.01. The van der Waals surface area contributed by atoms with Gasteiger partial charge in [0.2, 0.25) is 12.4 Å². The van der Waals surface area contributed by atoms with E-state index >= 15 is 0 Å². The van der Waals surface area contributed by atoms with Crippen LogP contribution >= 0.6 is 0 Å². The molecule has 0 saturated carbocycles. The monoisotopic (exact) mass is 258 g/mol. The molecule has 0 bridgehead atoms. The number of rotatable bonds is 5. The fourth-order valence-corrected chi connectivity index (χ4v) is 1.68. The molecule has 0 amide bonds. The van der Waals surface area contributed by atoms with Crippen LogP contribution in [0, 0.1) is 0 Å². The maximum Gasteiger partial charge on any atom is 0.344 e. The topological polar surface area (TPSA) is 39.4 Å². The first kappa shape index (κ1) is 13.1. The van der Waals surface area contributed by atoms with Crippen molar-refractivity contribution in [2.24, 2.45) is 0 Å². The molecule has 0 atom stereocenters. The largest absolute Gasteiger partial charge is 0.462 e. The molecule has 0 unspecified atom stereocenters. The van der Waals surface area contributed by atoms with Crippen LogP contribution in [0.2, 0.25) is 0 Å². The molecule has 4 nitrogen and oxygen atoms in total. The number of pyridine rings is 1. The van der Waals surface area contributed by atoms with E-state index in [-0.39, 0.29) is 5.97 Å². The zero-order valence-electron chi connectivity index (χ0n) is 10.8. The van der Waals surface area contributed by atoms with Gasteiger partial charge in [-0.1, -0.05) is 30.3 Å². The molecule has 19 heavy (non-hydrogen) atoms. The number of carbonyl (C=O) groups excluding carboxylic acids is 1. The van der Waals surface area contributed by atoms with E-state index < -0.39 is 0 Å². The van der Waals surface area contributed by atoms with E-state index in [0.717, 1.165) is 5.56 Å². The van der Waals surface area contributed by atoms with Crippen molar-refractivity contribution in [2.75, 3.05) is 13.7 Å². The molecule has 0 aliphatic carbocycles. The highest BCUT2D eigenvalue weighted by Crippen LogP contribution is 2.02. The standard InChI is InChI=1S/C15H16NO3/c1-18-16-10-5-8-14(12-16)15(17)19-11-9-13-6-3-2-4-7-13/h2-8,10,12H,9,11H2,1H3/q+1. The van der Waals surface area contributed by atoms with Crippen LogP contribution in [0.15, 0.2) is 54.9 Å². The molecule has 1 heterocycles. The van der Waals surface area contributed by atoms with E-state index in [4.69, 9.17) is 9.57 Å². The van der Waals surface area contributed by atoms with Gasteiger partial charge in [-0.25, -0.2) is 4.79 Å². The highest BCUT2D eigenvalue weighted by atomic mass is 16.6. The van der Waals surface area contributed by atoms with Gasteiger partial charge in [-0.05, 0) is 11.6 Å². The average Bonchev–Trinajstić information content (AvgIpc) is 2.48. The molecular weight excluding hydrogens is 242 g/mol. The molecule has 1 aromatic heterocycles. The third-order valence-corrected chi connectivity index (χ3v) is 2.69. The van der Waals surface area contributed by atoms with Gasteiger partial charge in [-0.3, -0.25) is 4.84 Å². The van der Waals surface area contributed by atoms with Crippen molar-refractivity contribution in [3.63, 3.8) is 0 Å². The van der Waals surface area contributed by atoms with Crippen LogP contribution in [0.1, 0.15) is 15.9 Å². The van der Waals surface area contributed by atoms with Crippen LogP contribution in [0.4, 0.5) is 0 Å². The molecule has 2 aromatic rings. The summed E-state index contributed by atoms with van der Waals surface area (Å²) in [4.78, 5) is 16.8. The van der Waals surface area contributed by atoms with Crippen molar-refractivity contribution in [3.8, 4) is 0 Å². The van der Waals surface area contributed by atoms with Gasteiger partial charge in [0.15, 0.2) is 0 Å². The van der Waals surface area contributed by atoms with Crippen LogP contribution < -0.4 is 9.57 Å². The molecule has 0 spiro atoms. The van der Waals surface area contributed by atoms with Gasteiger partial charge in [0.25, 0.3) is 0 Å². The Bertz CT molecular complexity index is 540. The zero-order valence-corrected chi connectivity index (χ0v) is 10.8. The number of aromatic nitrogens is 1. The summed E-state index contributed by atoms with van der Waals surface area (Å²) >= 11 is 0. The van der Waals surface area contributed by atoms with Crippen LogP contribution in [0.3, 0.4) is 0 Å². The highest BCUT2D eigenvalue weighted by Gasteiger charge is 2.12. The van der Waals surface area contributed by atoms with Crippen LogP contribution in [-0.4, -0.2) is 19.7 Å². The quantitative estimate of drug-likeness (QED) is 0.601. The smallest absolute Gasteiger partial charge is 0.344 e. The number of benzene rings is 1. The van der Waals surface area contributed by atoms with Crippen molar-refractivity contribution in [1.82, 2.24) is 0 Å². The lowest BCUT2D eigenvalue weighted by Crippen LogP contribution is -2.40. The van der Waals surface area contributed by atoms with Crippen LogP contribution in [0.5, 0.6) is 0 Å². The summed E-state index contributed by atoms with van der Waals surface area (Å²) < 4.78 is 6.68. The molecule has 0 aliphatic heterocycles. The minimum atomic E-state index is -0.345. The van der Waals surface area contributed by atoms with Crippen molar-refractivity contribution >= 4 is 5.97 Å². The van der Waals surface area contributed by atoms with Crippen LogP contribution in [-0.2, 0) is 11.2 Å². The lowest BCUT2D eigenvalue weighted by Gasteiger charge is -2.04. The fraction of sp³-hybridized carbons (Fsp3) is 0.200. The Kier molecular flexibility index (Phi) is 4.50. The van der Waals surface area contributed by atoms with Crippen molar-refractivity contribution in [1.29, 1.82) is 0 Å². The first-order chi connectivity index (χ1) is 9.29.